The maximum absolute atomic E-state index is 12.6. The number of aromatic nitrogens is 2. The van der Waals surface area contributed by atoms with Crippen LogP contribution in [0.5, 0.6) is 0 Å². The van der Waals surface area contributed by atoms with Gasteiger partial charge in [0.2, 0.25) is 0 Å². The summed E-state index contributed by atoms with van der Waals surface area (Å²) in [4.78, 5) is 63.6. The quantitative estimate of drug-likeness (QED) is 0.0996. The van der Waals surface area contributed by atoms with E-state index in [9.17, 15) is 43.5 Å². The summed E-state index contributed by atoms with van der Waals surface area (Å²) in [5.41, 5.74) is 4.76. The summed E-state index contributed by atoms with van der Waals surface area (Å²) in [6, 6.07) is 6.05. The second-order valence-electron chi connectivity index (χ2n) is 10.5. The summed E-state index contributed by atoms with van der Waals surface area (Å²) in [6.07, 6.45) is -3.86. The lowest BCUT2D eigenvalue weighted by atomic mass is 9.84. The maximum Gasteiger partial charge on any atom is 0.490 e. The number of hydrogen-bond acceptors (Lipinski definition) is 14. The van der Waals surface area contributed by atoms with E-state index in [0.29, 0.717) is 5.56 Å². The molecule has 3 rings (SSSR count). The molecule has 44 heavy (non-hydrogen) atoms. The second kappa shape index (κ2) is 13.5. The topological polar surface area (TPSA) is 303 Å². The van der Waals surface area contributed by atoms with Crippen LogP contribution in [0, 0.1) is 15.5 Å². The Kier molecular flexibility index (Phi) is 11.1. The van der Waals surface area contributed by atoms with Crippen LogP contribution in [0.3, 0.4) is 0 Å². The Morgan fingerprint density at radius 1 is 1.16 bits per heavy atom. The van der Waals surface area contributed by atoms with Crippen LogP contribution >= 0.6 is 23.5 Å². The molecule has 0 radical (unpaired) electrons. The predicted molar refractivity (Wildman–Crippen MR) is 147 cm³/mol. The normalized spacial score (nSPS) is 22.7. The smallest absolute Gasteiger partial charge is 0.390 e. The average Bonchev–Trinajstić information content (AvgIpc) is 3.21. The summed E-state index contributed by atoms with van der Waals surface area (Å²) in [5, 5.41) is 22.0. The number of anilines is 1. The van der Waals surface area contributed by atoms with Crippen LogP contribution in [0.4, 0.5) is 11.5 Å². The van der Waals surface area contributed by atoms with E-state index in [0.717, 1.165) is 4.57 Å². The van der Waals surface area contributed by atoms with Gasteiger partial charge in [-0.3, -0.25) is 19.2 Å². The molecule has 0 amide bonds. The van der Waals surface area contributed by atoms with Gasteiger partial charge < -0.3 is 39.9 Å². The third-order valence-electron chi connectivity index (χ3n) is 6.00. The van der Waals surface area contributed by atoms with Gasteiger partial charge in [0.25, 0.3) is 5.69 Å². The first kappa shape index (κ1) is 36.1. The Morgan fingerprint density at radius 2 is 1.80 bits per heavy atom. The molecule has 7 N–H and O–H groups in total. The van der Waals surface area contributed by atoms with Crippen LogP contribution in [0.25, 0.3) is 0 Å². The predicted octanol–water partition coefficient (Wildman–Crippen LogP) is 2.03. The number of nitro groups is 1. The molecule has 0 saturated carbocycles. The van der Waals surface area contributed by atoms with Crippen LogP contribution in [-0.4, -0.2) is 58.0 Å². The number of ether oxygens (including phenoxy) is 2. The van der Waals surface area contributed by atoms with Gasteiger partial charge in [0.05, 0.1) is 35.9 Å². The summed E-state index contributed by atoms with van der Waals surface area (Å²) in [7, 11) is -16.8. The van der Waals surface area contributed by atoms with Gasteiger partial charge in [-0.15, -0.1) is 0 Å². The van der Waals surface area contributed by atoms with Crippen molar-refractivity contribution in [2.75, 3.05) is 12.3 Å². The van der Waals surface area contributed by atoms with E-state index < -0.39 is 70.6 Å². The highest BCUT2D eigenvalue weighted by Gasteiger charge is 2.43. The molecule has 1 aromatic carbocycles. The van der Waals surface area contributed by atoms with Crippen molar-refractivity contribution < 1.29 is 65.9 Å². The number of aliphatic hydroxyl groups excluding tert-OH is 1. The van der Waals surface area contributed by atoms with Crippen molar-refractivity contribution in [2.45, 2.75) is 58.3 Å². The molecule has 20 nitrogen and oxygen atoms in total. The molecule has 0 spiro atoms. The fourth-order valence-electron chi connectivity index (χ4n) is 4.20. The van der Waals surface area contributed by atoms with E-state index in [4.69, 9.17) is 25.0 Å². The molecule has 1 fully saturated rings. The molecular formula is C21H31N4O16P3. The van der Waals surface area contributed by atoms with E-state index >= 15 is 0 Å². The van der Waals surface area contributed by atoms with E-state index in [1.165, 1.54) is 18.3 Å². The highest BCUT2D eigenvalue weighted by atomic mass is 31.3. The van der Waals surface area contributed by atoms with Gasteiger partial charge in [-0.05, 0) is 11.5 Å². The lowest BCUT2D eigenvalue weighted by molar-refractivity contribution is -0.386. The second-order valence-corrected chi connectivity index (χ2v) is 15.0. The Bertz CT molecular complexity index is 1570. The molecule has 0 aliphatic carbocycles. The van der Waals surface area contributed by atoms with Crippen LogP contribution in [0.15, 0.2) is 35.3 Å². The van der Waals surface area contributed by atoms with Gasteiger partial charge in [0.15, 0.2) is 0 Å². The number of para-hydroxylation sites is 1. The number of nitrogens with zero attached hydrogens (tertiary/aromatic N) is 3. The van der Waals surface area contributed by atoms with Crippen LogP contribution in [0.2, 0.25) is 0 Å². The summed E-state index contributed by atoms with van der Waals surface area (Å²) in [5.74, 6) is -0.204. The number of aliphatic hydroxyl groups is 1. The highest BCUT2D eigenvalue weighted by Crippen LogP contribution is 2.66. The van der Waals surface area contributed by atoms with Gasteiger partial charge in [-0.2, -0.15) is 13.6 Å². The van der Waals surface area contributed by atoms with Crippen molar-refractivity contribution in [3.63, 3.8) is 0 Å². The maximum atomic E-state index is 12.6. The van der Waals surface area contributed by atoms with E-state index in [1.54, 1.807) is 12.1 Å². The van der Waals surface area contributed by atoms with Crippen LogP contribution < -0.4 is 11.4 Å². The van der Waals surface area contributed by atoms with E-state index in [1.807, 2.05) is 20.8 Å². The minimum Gasteiger partial charge on any atom is -0.390 e. The molecule has 1 saturated heterocycles. The third-order valence-corrected chi connectivity index (χ3v) is 9.80. The Morgan fingerprint density at radius 3 is 2.39 bits per heavy atom. The molecule has 1 aromatic heterocycles. The number of nitrogen functional groups attached to an aromatic ring is 1. The lowest BCUT2D eigenvalue weighted by Crippen LogP contribution is -2.30. The van der Waals surface area contributed by atoms with Gasteiger partial charge >= 0.3 is 29.2 Å². The van der Waals surface area contributed by atoms with E-state index in [-0.39, 0.29) is 30.1 Å². The third kappa shape index (κ3) is 9.79. The lowest BCUT2D eigenvalue weighted by Gasteiger charge is -2.31. The average molecular weight is 688 g/mol. The summed E-state index contributed by atoms with van der Waals surface area (Å²) < 4.78 is 58.6. The van der Waals surface area contributed by atoms with Crippen LogP contribution in [-0.2, 0) is 42.9 Å². The van der Waals surface area contributed by atoms with Crippen molar-refractivity contribution >= 4 is 35.0 Å². The van der Waals surface area contributed by atoms with E-state index in [2.05, 4.69) is 18.1 Å². The SMILES string of the molecule is CC(C)(C)[C@H](OCc1cn([C@H]2C[C@H](O)[C@@H](COP(=O)(O)OP(=O)(O)OP(=O)(O)O)O2)c(=O)nc1N)c1ccccc1[N+](=O)[O-]. The zero-order valence-electron chi connectivity index (χ0n) is 23.3. The molecule has 0 bridgehead atoms. The standard InChI is InChI=1S/C21H31N4O16P3/c1-21(2,3)18(13-6-4-5-7-14(13)25(28)29)37-10-12-9-24(20(27)23-19(12)22)17-8-15(26)16(39-17)11-38-43(33,34)41-44(35,36)40-42(30,31)32/h4-7,9,15-18,26H,8,10-11H2,1-3H3,(H,33,34)(H,35,36)(H2,22,23,27)(H2,30,31,32)/t15-,16+,17+,18+/m0/s1. The molecule has 2 heterocycles. The Balaban J connectivity index is 1.75. The zero-order chi connectivity index (χ0) is 33.3. The molecule has 2 unspecified atom stereocenters. The fraction of sp³-hybridized carbons (Fsp3) is 0.524. The summed E-state index contributed by atoms with van der Waals surface area (Å²) in [6.45, 7) is 4.24. The number of phosphoric ester groups is 1. The molecule has 6 atom stereocenters. The number of nitrogens with two attached hydrogens (primary N) is 1. The Labute approximate surface area is 248 Å². The largest absolute Gasteiger partial charge is 0.490 e. The fourth-order valence-corrected chi connectivity index (χ4v) is 7.23. The number of benzene rings is 1. The number of rotatable bonds is 13. The monoisotopic (exact) mass is 688 g/mol. The number of hydrogen-bond donors (Lipinski definition) is 6. The first-order chi connectivity index (χ1) is 20.1. The van der Waals surface area contributed by atoms with Crippen LogP contribution in [0.1, 0.15) is 50.7 Å². The minimum atomic E-state index is -5.76. The Hall–Kier alpha value is -2.41. The first-order valence-electron chi connectivity index (χ1n) is 12.4. The number of nitro benzene ring substituents is 1. The van der Waals surface area contributed by atoms with Gasteiger partial charge in [-0.25, -0.2) is 18.5 Å². The van der Waals surface area contributed by atoms with Crippen molar-refractivity contribution in [1.29, 1.82) is 0 Å². The molecule has 23 heteroatoms. The highest BCUT2D eigenvalue weighted by molar-refractivity contribution is 7.66. The van der Waals surface area contributed by atoms with Crippen molar-refractivity contribution in [3.05, 3.63) is 62.2 Å². The van der Waals surface area contributed by atoms with Crippen molar-refractivity contribution in [3.8, 4) is 0 Å². The van der Waals surface area contributed by atoms with Gasteiger partial charge in [-0.1, -0.05) is 32.9 Å². The number of phosphoric acid groups is 3. The van der Waals surface area contributed by atoms with Gasteiger partial charge in [0.1, 0.15) is 18.1 Å². The van der Waals surface area contributed by atoms with Crippen molar-refractivity contribution in [1.82, 2.24) is 9.55 Å². The van der Waals surface area contributed by atoms with Crippen molar-refractivity contribution in [2.24, 2.45) is 5.41 Å². The minimum absolute atomic E-state index is 0.154. The molecule has 1 aliphatic heterocycles. The molecule has 246 valence electrons. The molecule has 1 aliphatic rings. The van der Waals surface area contributed by atoms with Gasteiger partial charge in [0, 0.05) is 24.2 Å². The summed E-state index contributed by atoms with van der Waals surface area (Å²) >= 11 is 0. The molecule has 2 aromatic rings. The first-order valence-corrected chi connectivity index (χ1v) is 16.9. The molecular weight excluding hydrogens is 657 g/mol. The zero-order valence-corrected chi connectivity index (χ0v) is 26.0.